The molecule has 0 amide bonds. The lowest BCUT2D eigenvalue weighted by atomic mass is 9.88. The summed E-state index contributed by atoms with van der Waals surface area (Å²) in [7, 11) is 0. The van der Waals surface area contributed by atoms with Crippen molar-refractivity contribution in [1.82, 2.24) is 4.98 Å². The Kier molecular flexibility index (Phi) is 4.45. The summed E-state index contributed by atoms with van der Waals surface area (Å²) in [5.74, 6) is -1.80. The highest BCUT2D eigenvalue weighted by atomic mass is 19.3. The molecule has 0 aliphatic heterocycles. The summed E-state index contributed by atoms with van der Waals surface area (Å²) in [6.07, 6.45) is 4.37. The third kappa shape index (κ3) is 4.46. The van der Waals surface area contributed by atoms with Crippen LogP contribution < -0.4 is 10.0 Å². The van der Waals surface area contributed by atoms with E-state index in [1.54, 1.807) is 36.5 Å². The molecule has 1 N–H and O–H groups in total. The zero-order chi connectivity index (χ0) is 14.4. The maximum absolute atomic E-state index is 12.4. The fourth-order valence-corrected chi connectivity index (χ4v) is 1.80. The van der Waals surface area contributed by atoms with Crippen molar-refractivity contribution >= 4 is 5.82 Å². The third-order valence-corrected chi connectivity index (χ3v) is 2.80. The second-order valence-electron chi connectivity index (χ2n) is 4.56. The van der Waals surface area contributed by atoms with E-state index >= 15 is 0 Å². The standard InChI is InChI=1S/C9H10F2N2.C5H5NO/c10-9(11)5-7(6-9)13-8-3-1-2-4-12-8;7-6-4-2-1-3-5-6/h1-4,7H,5-6H2,(H,12,13);1-5H. The van der Waals surface area contributed by atoms with Crippen molar-refractivity contribution in [1.29, 1.82) is 0 Å². The van der Waals surface area contributed by atoms with Crippen molar-refractivity contribution in [3.05, 3.63) is 60.2 Å². The topological polar surface area (TPSA) is 51.9 Å². The molecule has 1 saturated carbocycles. The molecule has 2 heterocycles. The number of hydrogen-bond acceptors (Lipinski definition) is 3. The summed E-state index contributed by atoms with van der Waals surface area (Å²) in [6, 6.07) is 10.4. The van der Waals surface area contributed by atoms with E-state index in [-0.39, 0.29) is 18.9 Å². The summed E-state index contributed by atoms with van der Waals surface area (Å²) < 4.78 is 25.6. The van der Waals surface area contributed by atoms with E-state index < -0.39 is 5.92 Å². The third-order valence-electron chi connectivity index (χ3n) is 2.80. The van der Waals surface area contributed by atoms with Gasteiger partial charge in [-0.05, 0) is 12.1 Å². The second kappa shape index (κ2) is 6.27. The Labute approximate surface area is 115 Å². The van der Waals surface area contributed by atoms with E-state index in [9.17, 15) is 14.0 Å². The Morgan fingerprint density at radius 2 is 1.85 bits per heavy atom. The molecule has 0 unspecified atom stereocenters. The number of nitrogens with zero attached hydrogens (tertiary/aromatic N) is 2. The van der Waals surface area contributed by atoms with Crippen LogP contribution in [0.25, 0.3) is 0 Å². The van der Waals surface area contributed by atoms with Crippen LogP contribution in [0.5, 0.6) is 0 Å². The van der Waals surface area contributed by atoms with Gasteiger partial charge in [-0.2, -0.15) is 4.73 Å². The number of alkyl halides is 2. The normalized spacial score (nSPS) is 16.5. The molecule has 0 radical (unpaired) electrons. The van der Waals surface area contributed by atoms with E-state index in [2.05, 4.69) is 10.3 Å². The van der Waals surface area contributed by atoms with Crippen molar-refractivity contribution < 1.29 is 13.5 Å². The van der Waals surface area contributed by atoms with Gasteiger partial charge in [0.15, 0.2) is 12.4 Å². The molecular formula is C14H15F2N3O. The molecule has 1 aliphatic carbocycles. The van der Waals surface area contributed by atoms with Crippen LogP contribution >= 0.6 is 0 Å². The summed E-state index contributed by atoms with van der Waals surface area (Å²) in [5.41, 5.74) is 0. The first-order valence-electron chi connectivity index (χ1n) is 6.24. The Bertz CT molecular complexity index is 514. The molecule has 2 aromatic rings. The summed E-state index contributed by atoms with van der Waals surface area (Å²) in [5, 5.41) is 13.1. The zero-order valence-electron chi connectivity index (χ0n) is 10.7. The molecule has 0 spiro atoms. The Balaban J connectivity index is 0.000000178. The van der Waals surface area contributed by atoms with Crippen LogP contribution in [0.1, 0.15) is 12.8 Å². The molecule has 0 aromatic carbocycles. The predicted octanol–water partition coefficient (Wildman–Crippen LogP) is 2.61. The monoisotopic (exact) mass is 279 g/mol. The lowest BCUT2D eigenvalue weighted by molar-refractivity contribution is -0.605. The number of hydrogen-bond donors (Lipinski definition) is 1. The van der Waals surface area contributed by atoms with Crippen molar-refractivity contribution in [2.45, 2.75) is 24.8 Å². The van der Waals surface area contributed by atoms with Crippen LogP contribution in [0.3, 0.4) is 0 Å². The molecule has 0 saturated heterocycles. The minimum Gasteiger partial charge on any atom is -0.619 e. The van der Waals surface area contributed by atoms with Crippen molar-refractivity contribution in [3.63, 3.8) is 0 Å². The Morgan fingerprint density at radius 3 is 2.30 bits per heavy atom. The maximum atomic E-state index is 12.4. The van der Waals surface area contributed by atoms with E-state index in [1.165, 1.54) is 12.4 Å². The van der Waals surface area contributed by atoms with Gasteiger partial charge in [-0.1, -0.05) is 12.1 Å². The highest BCUT2D eigenvalue weighted by molar-refractivity contribution is 5.35. The van der Waals surface area contributed by atoms with Crippen molar-refractivity contribution in [2.24, 2.45) is 0 Å². The minimum atomic E-state index is -2.47. The van der Waals surface area contributed by atoms with Gasteiger partial charge >= 0.3 is 0 Å². The van der Waals surface area contributed by atoms with Gasteiger partial charge in [0.05, 0.1) is 0 Å². The number of anilines is 1. The maximum Gasteiger partial charge on any atom is 0.252 e. The van der Waals surface area contributed by atoms with Gasteiger partial charge in [-0.3, -0.25) is 0 Å². The Hall–Kier alpha value is -2.24. The highest BCUT2D eigenvalue weighted by Crippen LogP contribution is 2.38. The highest BCUT2D eigenvalue weighted by Gasteiger charge is 2.45. The average Bonchev–Trinajstić information content (AvgIpc) is 2.39. The summed E-state index contributed by atoms with van der Waals surface area (Å²) in [6.45, 7) is 0. The first-order valence-corrected chi connectivity index (χ1v) is 6.24. The molecule has 3 rings (SSSR count). The SMILES string of the molecule is FC1(F)CC(Nc2ccccn2)C1.[O-][n+]1ccccc1. The Morgan fingerprint density at radius 1 is 1.15 bits per heavy atom. The van der Waals surface area contributed by atoms with Gasteiger partial charge in [-0.15, -0.1) is 0 Å². The fraction of sp³-hybridized carbons (Fsp3) is 0.286. The van der Waals surface area contributed by atoms with Crippen LogP contribution in [0.15, 0.2) is 55.0 Å². The molecule has 20 heavy (non-hydrogen) atoms. The number of halogens is 2. The zero-order valence-corrected chi connectivity index (χ0v) is 10.7. The smallest absolute Gasteiger partial charge is 0.252 e. The predicted molar refractivity (Wildman–Crippen MR) is 71.2 cm³/mol. The van der Waals surface area contributed by atoms with Crippen LogP contribution in [0.4, 0.5) is 14.6 Å². The lowest BCUT2D eigenvalue weighted by Gasteiger charge is -2.35. The second-order valence-corrected chi connectivity index (χ2v) is 4.56. The number of pyridine rings is 2. The molecule has 106 valence electrons. The van der Waals surface area contributed by atoms with Crippen molar-refractivity contribution in [3.8, 4) is 0 Å². The van der Waals surface area contributed by atoms with Crippen molar-refractivity contribution in [2.75, 3.05) is 5.32 Å². The summed E-state index contributed by atoms with van der Waals surface area (Å²) >= 11 is 0. The first kappa shape index (κ1) is 14.2. The van der Waals surface area contributed by atoms with Gasteiger partial charge in [-0.25, -0.2) is 13.8 Å². The van der Waals surface area contributed by atoms with Crippen LogP contribution in [0.2, 0.25) is 0 Å². The molecule has 0 atom stereocenters. The number of nitrogens with one attached hydrogen (secondary N) is 1. The molecular weight excluding hydrogens is 264 g/mol. The fourth-order valence-electron chi connectivity index (χ4n) is 1.80. The van der Waals surface area contributed by atoms with Crippen LogP contribution in [-0.4, -0.2) is 16.9 Å². The van der Waals surface area contributed by atoms with Gasteiger partial charge in [0.25, 0.3) is 5.92 Å². The van der Waals surface area contributed by atoms with Crippen LogP contribution in [-0.2, 0) is 0 Å². The molecule has 1 fully saturated rings. The average molecular weight is 279 g/mol. The van der Waals surface area contributed by atoms with Gasteiger partial charge < -0.3 is 10.5 Å². The quantitative estimate of drug-likeness (QED) is 0.679. The molecule has 2 aromatic heterocycles. The van der Waals surface area contributed by atoms with Gasteiger partial charge in [0.2, 0.25) is 0 Å². The van der Waals surface area contributed by atoms with E-state index in [0.29, 0.717) is 5.82 Å². The first-order chi connectivity index (χ1) is 9.55. The molecule has 0 bridgehead atoms. The van der Waals surface area contributed by atoms with Gasteiger partial charge in [0.1, 0.15) is 5.82 Å². The molecule has 4 nitrogen and oxygen atoms in total. The number of rotatable bonds is 2. The summed E-state index contributed by atoms with van der Waals surface area (Å²) in [4.78, 5) is 3.99. The number of aromatic nitrogens is 2. The van der Waals surface area contributed by atoms with E-state index in [4.69, 9.17) is 0 Å². The van der Waals surface area contributed by atoms with Crippen LogP contribution in [0, 0.1) is 5.21 Å². The molecule has 6 heteroatoms. The lowest BCUT2D eigenvalue weighted by Crippen LogP contribution is -2.44. The minimum absolute atomic E-state index is 0.0798. The van der Waals surface area contributed by atoms with E-state index in [0.717, 1.165) is 4.73 Å². The molecule has 1 aliphatic rings. The largest absolute Gasteiger partial charge is 0.619 e. The van der Waals surface area contributed by atoms with Gasteiger partial charge in [0, 0.05) is 37.2 Å². The van der Waals surface area contributed by atoms with E-state index in [1.807, 2.05) is 6.07 Å².